The Morgan fingerprint density at radius 1 is 1.10 bits per heavy atom. The van der Waals surface area contributed by atoms with Gasteiger partial charge in [-0.05, 0) is 36.1 Å². The average Bonchev–Trinajstić information content (AvgIpc) is 2.71. The second-order valence-corrected chi connectivity index (χ2v) is 10.2. The Morgan fingerprint density at radius 2 is 1.83 bits per heavy atom. The second kappa shape index (κ2) is 9.47. The molecule has 3 rings (SSSR count). The van der Waals surface area contributed by atoms with Crippen molar-refractivity contribution in [2.45, 2.75) is 25.1 Å². The van der Waals surface area contributed by atoms with Crippen LogP contribution in [0.1, 0.15) is 24.0 Å². The molecule has 1 amide bonds. The molecule has 29 heavy (non-hydrogen) atoms. The van der Waals surface area contributed by atoms with Gasteiger partial charge in [-0.2, -0.15) is 0 Å². The van der Waals surface area contributed by atoms with Crippen molar-refractivity contribution in [1.82, 2.24) is 9.21 Å². The monoisotopic (exact) mass is 454 g/mol. The maximum absolute atomic E-state index is 12.9. The van der Waals surface area contributed by atoms with E-state index < -0.39 is 10.0 Å². The van der Waals surface area contributed by atoms with Crippen LogP contribution in [-0.4, -0.2) is 43.7 Å². The third-order valence-electron chi connectivity index (χ3n) is 5.10. The third kappa shape index (κ3) is 5.72. The fraction of sp³-hybridized carbons (Fsp3) is 0.381. The number of rotatable bonds is 6. The van der Waals surface area contributed by atoms with Gasteiger partial charge in [0.25, 0.3) is 0 Å². The number of benzene rings is 2. The predicted octanol–water partition coefficient (Wildman–Crippen LogP) is 4.19. The summed E-state index contributed by atoms with van der Waals surface area (Å²) in [5.41, 5.74) is 1.62. The topological polar surface area (TPSA) is 57.7 Å². The largest absolute Gasteiger partial charge is 0.341 e. The molecule has 2 aromatic carbocycles. The van der Waals surface area contributed by atoms with Crippen molar-refractivity contribution in [3.8, 4) is 0 Å². The van der Waals surface area contributed by atoms with Crippen molar-refractivity contribution in [2.24, 2.45) is 5.92 Å². The zero-order chi connectivity index (χ0) is 21.0. The van der Waals surface area contributed by atoms with Gasteiger partial charge in [0.1, 0.15) is 0 Å². The van der Waals surface area contributed by atoms with E-state index >= 15 is 0 Å². The van der Waals surface area contributed by atoms with E-state index in [0.717, 1.165) is 5.56 Å². The van der Waals surface area contributed by atoms with E-state index in [4.69, 9.17) is 23.2 Å². The molecule has 0 saturated carbocycles. The van der Waals surface area contributed by atoms with Gasteiger partial charge in [-0.15, -0.1) is 0 Å². The van der Waals surface area contributed by atoms with Gasteiger partial charge in [-0.1, -0.05) is 59.6 Å². The maximum atomic E-state index is 12.9. The minimum absolute atomic E-state index is 0.0247. The first-order chi connectivity index (χ1) is 13.8. The molecule has 0 N–H and O–H groups in total. The number of halogens is 2. The summed E-state index contributed by atoms with van der Waals surface area (Å²) in [5, 5.41) is 0.714. The summed E-state index contributed by atoms with van der Waals surface area (Å²) in [5.74, 6) is -0.519. The summed E-state index contributed by atoms with van der Waals surface area (Å²) >= 11 is 11.9. The van der Waals surface area contributed by atoms with Gasteiger partial charge in [-0.3, -0.25) is 4.79 Å². The van der Waals surface area contributed by atoms with Crippen molar-refractivity contribution in [2.75, 3.05) is 20.1 Å². The number of piperidine rings is 1. The molecule has 1 aliphatic heterocycles. The lowest BCUT2D eigenvalue weighted by Gasteiger charge is -2.33. The van der Waals surface area contributed by atoms with Gasteiger partial charge in [-0.25, -0.2) is 12.7 Å². The lowest BCUT2D eigenvalue weighted by Crippen LogP contribution is -2.46. The van der Waals surface area contributed by atoms with Gasteiger partial charge in [0.15, 0.2) is 0 Å². The van der Waals surface area contributed by atoms with Crippen LogP contribution in [0, 0.1) is 5.92 Å². The molecule has 1 unspecified atom stereocenters. The van der Waals surface area contributed by atoms with Gasteiger partial charge < -0.3 is 4.90 Å². The number of amides is 1. The molecule has 2 aromatic rings. The molecular weight excluding hydrogens is 431 g/mol. The zero-order valence-corrected chi connectivity index (χ0v) is 18.6. The number of carbonyl (C=O) groups excluding carboxylic acids is 1. The first-order valence-corrected chi connectivity index (χ1v) is 11.8. The molecule has 0 radical (unpaired) electrons. The normalized spacial score (nSPS) is 17.8. The third-order valence-corrected chi connectivity index (χ3v) is 7.65. The number of sulfonamides is 1. The molecule has 0 aromatic heterocycles. The lowest BCUT2D eigenvalue weighted by atomic mass is 9.98. The summed E-state index contributed by atoms with van der Waals surface area (Å²) < 4.78 is 27.2. The molecule has 156 valence electrons. The highest BCUT2D eigenvalue weighted by Gasteiger charge is 2.33. The van der Waals surface area contributed by atoms with Gasteiger partial charge in [0, 0.05) is 26.7 Å². The summed E-state index contributed by atoms with van der Waals surface area (Å²) in [7, 11) is -1.79. The molecule has 1 aliphatic rings. The molecule has 1 fully saturated rings. The summed E-state index contributed by atoms with van der Waals surface area (Å²) in [6.07, 6.45) is 1.35. The SMILES string of the molecule is CN(Cc1ccccc1)C(=O)C1CCCN(S(=O)(=O)Cc2ccc(Cl)c(Cl)c2)C1. The van der Waals surface area contributed by atoms with Gasteiger partial charge in [0.05, 0.1) is 21.7 Å². The van der Waals surface area contributed by atoms with E-state index in [-0.39, 0.29) is 24.1 Å². The standard InChI is InChI=1S/C21H24Cl2N2O3S/c1-24(13-16-6-3-2-4-7-16)21(26)18-8-5-11-25(14-18)29(27,28)15-17-9-10-19(22)20(23)12-17/h2-4,6-7,9-10,12,18H,5,8,11,13-15H2,1H3. The van der Waals surface area contributed by atoms with Crippen LogP contribution in [0.15, 0.2) is 48.5 Å². The van der Waals surface area contributed by atoms with Gasteiger partial charge in [0.2, 0.25) is 15.9 Å². The number of nitrogens with zero attached hydrogens (tertiary/aromatic N) is 2. The molecule has 0 bridgehead atoms. The summed E-state index contributed by atoms with van der Waals surface area (Å²) in [4.78, 5) is 14.6. The molecule has 0 aliphatic carbocycles. The van der Waals surface area contributed by atoms with Crippen LogP contribution in [0.25, 0.3) is 0 Å². The van der Waals surface area contributed by atoms with Crippen LogP contribution < -0.4 is 0 Å². The summed E-state index contributed by atoms with van der Waals surface area (Å²) in [6, 6.07) is 14.6. The second-order valence-electron chi connectivity index (χ2n) is 7.38. The zero-order valence-electron chi connectivity index (χ0n) is 16.2. The smallest absolute Gasteiger partial charge is 0.227 e. The van der Waals surface area contributed by atoms with Crippen LogP contribution in [0.3, 0.4) is 0 Å². The van der Waals surface area contributed by atoms with Crippen molar-refractivity contribution >= 4 is 39.1 Å². The average molecular weight is 455 g/mol. The van der Waals surface area contributed by atoms with Crippen LogP contribution in [0.5, 0.6) is 0 Å². The fourth-order valence-electron chi connectivity index (χ4n) is 3.57. The van der Waals surface area contributed by atoms with Crippen LogP contribution in [0.4, 0.5) is 0 Å². The number of hydrogen-bond acceptors (Lipinski definition) is 3. The van der Waals surface area contributed by atoms with Crippen molar-refractivity contribution in [1.29, 1.82) is 0 Å². The van der Waals surface area contributed by atoms with Crippen LogP contribution >= 0.6 is 23.2 Å². The fourth-order valence-corrected chi connectivity index (χ4v) is 5.49. The number of hydrogen-bond donors (Lipinski definition) is 0. The minimum Gasteiger partial charge on any atom is -0.341 e. The Balaban J connectivity index is 1.65. The van der Waals surface area contributed by atoms with Crippen molar-refractivity contribution in [3.63, 3.8) is 0 Å². The highest BCUT2D eigenvalue weighted by molar-refractivity contribution is 7.88. The van der Waals surface area contributed by atoms with E-state index in [1.165, 1.54) is 4.31 Å². The molecule has 1 atom stereocenters. The molecular formula is C21H24Cl2N2O3S. The number of carbonyl (C=O) groups is 1. The predicted molar refractivity (Wildman–Crippen MR) is 116 cm³/mol. The molecule has 5 nitrogen and oxygen atoms in total. The minimum atomic E-state index is -3.56. The van der Waals surface area contributed by atoms with E-state index in [2.05, 4.69) is 0 Å². The molecule has 8 heteroatoms. The maximum Gasteiger partial charge on any atom is 0.227 e. The van der Waals surface area contributed by atoms with Crippen molar-refractivity contribution < 1.29 is 13.2 Å². The quantitative estimate of drug-likeness (QED) is 0.656. The molecule has 1 heterocycles. The van der Waals surface area contributed by atoms with E-state index in [1.54, 1.807) is 30.1 Å². The Morgan fingerprint density at radius 3 is 2.52 bits per heavy atom. The van der Waals surface area contributed by atoms with Crippen molar-refractivity contribution in [3.05, 3.63) is 69.7 Å². The Labute approximate surface area is 182 Å². The Kier molecular flexibility index (Phi) is 7.22. The Hall–Kier alpha value is -1.60. The highest BCUT2D eigenvalue weighted by Crippen LogP contribution is 2.26. The molecule has 1 saturated heterocycles. The first kappa shape index (κ1) is 22.1. The van der Waals surface area contributed by atoms with Gasteiger partial charge >= 0.3 is 0 Å². The van der Waals surface area contributed by atoms with Crippen LogP contribution in [0.2, 0.25) is 10.0 Å². The van der Waals surface area contributed by atoms with Crippen LogP contribution in [-0.2, 0) is 27.1 Å². The lowest BCUT2D eigenvalue weighted by molar-refractivity contribution is -0.135. The first-order valence-electron chi connectivity index (χ1n) is 9.47. The highest BCUT2D eigenvalue weighted by atomic mass is 35.5. The Bertz CT molecular complexity index is 967. The molecule has 0 spiro atoms. The summed E-state index contributed by atoms with van der Waals surface area (Å²) in [6.45, 7) is 1.14. The van der Waals surface area contributed by atoms with E-state index in [1.807, 2.05) is 30.3 Å². The van der Waals surface area contributed by atoms with E-state index in [9.17, 15) is 13.2 Å². The van der Waals surface area contributed by atoms with E-state index in [0.29, 0.717) is 41.5 Å².